The standard InChI is InChI=1S/C28H24FN7O/c1-18(37-15-19-8-4-2-5-9-19)24(35-27-25-26(31-16-30-25)32-17-33-27)28-34-22-13-12-20(29)14-23(22)36(28)21-10-6-3-7-11-21/h2-14,16-18,24H,15H2,1H3,(H2,30,31,32,33,35). The lowest BCUT2D eigenvalue weighted by Crippen LogP contribution is -2.29. The first-order valence-corrected chi connectivity index (χ1v) is 12.0. The van der Waals surface area contributed by atoms with Gasteiger partial charge in [-0.15, -0.1) is 0 Å². The third-order valence-electron chi connectivity index (χ3n) is 6.28. The Balaban J connectivity index is 1.48. The van der Waals surface area contributed by atoms with Crippen LogP contribution >= 0.6 is 0 Å². The Labute approximate surface area is 212 Å². The van der Waals surface area contributed by atoms with Crippen LogP contribution in [0.3, 0.4) is 0 Å². The maximum atomic E-state index is 14.4. The van der Waals surface area contributed by atoms with E-state index in [4.69, 9.17) is 9.72 Å². The summed E-state index contributed by atoms with van der Waals surface area (Å²) >= 11 is 0. The zero-order valence-electron chi connectivity index (χ0n) is 20.0. The topological polar surface area (TPSA) is 93.5 Å². The van der Waals surface area contributed by atoms with E-state index >= 15 is 0 Å². The molecule has 3 aromatic carbocycles. The summed E-state index contributed by atoms with van der Waals surface area (Å²) in [5.41, 5.74) is 4.49. The second kappa shape index (κ2) is 9.79. The molecule has 0 spiro atoms. The van der Waals surface area contributed by atoms with Crippen molar-refractivity contribution in [3.05, 3.63) is 109 Å². The van der Waals surface area contributed by atoms with E-state index in [2.05, 4.69) is 25.3 Å². The molecule has 0 saturated carbocycles. The molecule has 2 unspecified atom stereocenters. The lowest BCUT2D eigenvalue weighted by atomic mass is 10.1. The van der Waals surface area contributed by atoms with Crippen LogP contribution in [0.25, 0.3) is 27.9 Å². The van der Waals surface area contributed by atoms with E-state index in [1.54, 1.807) is 12.4 Å². The summed E-state index contributed by atoms with van der Waals surface area (Å²) in [5, 5.41) is 3.52. The molecule has 8 nitrogen and oxygen atoms in total. The Morgan fingerprint density at radius 2 is 1.76 bits per heavy atom. The Morgan fingerprint density at radius 1 is 0.973 bits per heavy atom. The zero-order valence-corrected chi connectivity index (χ0v) is 20.0. The minimum atomic E-state index is -0.458. The number of H-pyrrole nitrogens is 1. The van der Waals surface area contributed by atoms with Crippen molar-refractivity contribution in [2.24, 2.45) is 0 Å². The number of ether oxygens (including phenoxy) is 1. The van der Waals surface area contributed by atoms with Crippen molar-refractivity contribution < 1.29 is 9.13 Å². The van der Waals surface area contributed by atoms with Gasteiger partial charge < -0.3 is 15.0 Å². The van der Waals surface area contributed by atoms with Crippen LogP contribution in [0.5, 0.6) is 0 Å². The number of rotatable bonds is 8. The van der Waals surface area contributed by atoms with Gasteiger partial charge in [0.15, 0.2) is 11.5 Å². The van der Waals surface area contributed by atoms with E-state index < -0.39 is 6.04 Å². The van der Waals surface area contributed by atoms with Crippen LogP contribution in [-0.4, -0.2) is 35.6 Å². The summed E-state index contributed by atoms with van der Waals surface area (Å²) in [7, 11) is 0. The number of hydrogen-bond donors (Lipinski definition) is 2. The van der Waals surface area contributed by atoms with Crippen molar-refractivity contribution in [1.29, 1.82) is 0 Å². The number of aromatic nitrogens is 6. The molecule has 0 saturated heterocycles. The van der Waals surface area contributed by atoms with Crippen molar-refractivity contribution in [1.82, 2.24) is 29.5 Å². The number of fused-ring (bicyclic) bond motifs is 2. The first-order valence-electron chi connectivity index (χ1n) is 12.0. The second-order valence-corrected chi connectivity index (χ2v) is 8.72. The normalized spacial score (nSPS) is 13.1. The molecule has 0 aliphatic heterocycles. The highest BCUT2D eigenvalue weighted by Crippen LogP contribution is 2.32. The van der Waals surface area contributed by atoms with E-state index in [-0.39, 0.29) is 11.9 Å². The van der Waals surface area contributed by atoms with Crippen LogP contribution in [0.1, 0.15) is 24.4 Å². The molecule has 0 aliphatic rings. The summed E-state index contributed by atoms with van der Waals surface area (Å²) < 4.78 is 22.7. The van der Waals surface area contributed by atoms with Crippen LogP contribution in [0.2, 0.25) is 0 Å². The van der Waals surface area contributed by atoms with Crippen LogP contribution in [0, 0.1) is 5.82 Å². The number of para-hydroxylation sites is 1. The number of imidazole rings is 2. The lowest BCUT2D eigenvalue weighted by Gasteiger charge is -2.26. The second-order valence-electron chi connectivity index (χ2n) is 8.72. The molecule has 6 aromatic rings. The van der Waals surface area contributed by atoms with Crippen molar-refractivity contribution in [2.75, 3.05) is 5.32 Å². The van der Waals surface area contributed by atoms with Gasteiger partial charge in [-0.1, -0.05) is 48.5 Å². The fourth-order valence-electron chi connectivity index (χ4n) is 4.44. The number of anilines is 1. The van der Waals surface area contributed by atoms with E-state index in [9.17, 15) is 4.39 Å². The first-order chi connectivity index (χ1) is 18.2. The molecule has 9 heteroatoms. The summed E-state index contributed by atoms with van der Waals surface area (Å²) in [5.74, 6) is 0.906. The van der Waals surface area contributed by atoms with Crippen LogP contribution < -0.4 is 5.32 Å². The molecule has 3 aromatic heterocycles. The maximum absolute atomic E-state index is 14.4. The number of aromatic amines is 1. The van der Waals surface area contributed by atoms with Crippen LogP contribution in [0.4, 0.5) is 10.2 Å². The van der Waals surface area contributed by atoms with Gasteiger partial charge in [-0.2, -0.15) is 0 Å². The number of nitrogens with one attached hydrogen (secondary N) is 2. The zero-order chi connectivity index (χ0) is 25.2. The number of halogens is 1. The minimum Gasteiger partial charge on any atom is -0.371 e. The smallest absolute Gasteiger partial charge is 0.182 e. The molecule has 0 bridgehead atoms. The highest BCUT2D eigenvalue weighted by molar-refractivity contribution is 5.82. The van der Waals surface area contributed by atoms with Gasteiger partial charge in [-0.05, 0) is 36.8 Å². The molecule has 0 radical (unpaired) electrons. The molecule has 37 heavy (non-hydrogen) atoms. The van der Waals surface area contributed by atoms with Gasteiger partial charge in [0.2, 0.25) is 0 Å². The number of nitrogens with zero attached hydrogens (tertiary/aromatic N) is 5. The summed E-state index contributed by atoms with van der Waals surface area (Å²) in [6.45, 7) is 2.41. The van der Waals surface area contributed by atoms with Crippen molar-refractivity contribution in [3.8, 4) is 5.69 Å². The SMILES string of the molecule is CC(OCc1ccccc1)C(Nc1ncnc2nc[nH]c12)c1nc2ccc(F)cc2n1-c1ccccc1. The van der Waals surface area contributed by atoms with Gasteiger partial charge >= 0.3 is 0 Å². The molecule has 6 rings (SSSR count). The van der Waals surface area contributed by atoms with Crippen molar-refractivity contribution in [2.45, 2.75) is 25.7 Å². The highest BCUT2D eigenvalue weighted by atomic mass is 19.1. The van der Waals surface area contributed by atoms with Crippen LogP contribution in [-0.2, 0) is 11.3 Å². The molecular weight excluding hydrogens is 469 g/mol. The average Bonchev–Trinajstić information content (AvgIpc) is 3.56. The minimum absolute atomic E-state index is 0.330. The van der Waals surface area contributed by atoms with E-state index in [1.807, 2.05) is 72.2 Å². The molecule has 0 aliphatic carbocycles. The lowest BCUT2D eigenvalue weighted by molar-refractivity contribution is 0.0382. The van der Waals surface area contributed by atoms with Gasteiger partial charge in [0.25, 0.3) is 0 Å². The molecule has 0 amide bonds. The number of hydrogen-bond acceptors (Lipinski definition) is 6. The Bertz CT molecular complexity index is 1650. The molecule has 3 heterocycles. The Hall–Kier alpha value is -4.63. The van der Waals surface area contributed by atoms with E-state index in [1.165, 1.54) is 18.5 Å². The fourth-order valence-corrected chi connectivity index (χ4v) is 4.44. The maximum Gasteiger partial charge on any atom is 0.182 e. The summed E-state index contributed by atoms with van der Waals surface area (Å²) in [6, 6.07) is 23.9. The summed E-state index contributed by atoms with van der Waals surface area (Å²) in [4.78, 5) is 21.0. The number of benzene rings is 3. The predicted octanol–water partition coefficient (Wildman–Crippen LogP) is 5.59. The monoisotopic (exact) mass is 493 g/mol. The van der Waals surface area contributed by atoms with Gasteiger partial charge in [0, 0.05) is 11.8 Å². The average molecular weight is 494 g/mol. The Morgan fingerprint density at radius 3 is 2.57 bits per heavy atom. The van der Waals surface area contributed by atoms with Gasteiger partial charge in [0.05, 0.1) is 30.1 Å². The highest BCUT2D eigenvalue weighted by Gasteiger charge is 2.29. The van der Waals surface area contributed by atoms with E-state index in [0.717, 1.165) is 11.3 Å². The molecule has 0 fully saturated rings. The molecule has 2 atom stereocenters. The van der Waals surface area contributed by atoms with Gasteiger partial charge in [0.1, 0.15) is 29.5 Å². The Kier molecular flexibility index (Phi) is 6.03. The third kappa shape index (κ3) is 4.52. The quantitative estimate of drug-likeness (QED) is 0.287. The first kappa shape index (κ1) is 22.8. The molecule has 184 valence electrons. The largest absolute Gasteiger partial charge is 0.371 e. The van der Waals surface area contributed by atoms with Crippen molar-refractivity contribution in [3.63, 3.8) is 0 Å². The predicted molar refractivity (Wildman–Crippen MR) is 140 cm³/mol. The molecular formula is C28H24FN7O. The van der Waals surface area contributed by atoms with Crippen LogP contribution in [0.15, 0.2) is 91.5 Å². The van der Waals surface area contributed by atoms with Gasteiger partial charge in [-0.25, -0.2) is 24.3 Å². The summed E-state index contributed by atoms with van der Waals surface area (Å²) in [6.07, 6.45) is 2.70. The van der Waals surface area contributed by atoms with Crippen molar-refractivity contribution >= 4 is 28.0 Å². The molecule has 2 N–H and O–H groups in total. The fraction of sp³-hybridized carbons (Fsp3) is 0.143. The van der Waals surface area contributed by atoms with E-state index in [0.29, 0.717) is 40.4 Å². The third-order valence-corrected chi connectivity index (χ3v) is 6.28. The van der Waals surface area contributed by atoms with Gasteiger partial charge in [-0.3, -0.25) is 4.57 Å².